The van der Waals surface area contributed by atoms with E-state index in [1.807, 2.05) is 23.9 Å². The summed E-state index contributed by atoms with van der Waals surface area (Å²) < 4.78 is 1.21. The van der Waals surface area contributed by atoms with Gasteiger partial charge < -0.3 is 15.5 Å². The van der Waals surface area contributed by atoms with E-state index in [0.29, 0.717) is 18.7 Å². The number of guanidine groups is 1. The number of rotatable bonds is 4. The lowest BCUT2D eigenvalue weighted by Gasteiger charge is -2.39. The average molecular weight is 541 g/mol. The van der Waals surface area contributed by atoms with Gasteiger partial charge in [-0.05, 0) is 38.1 Å². The van der Waals surface area contributed by atoms with Crippen LogP contribution in [-0.2, 0) is 0 Å². The predicted octanol–water partition coefficient (Wildman–Crippen LogP) is 3.20. The Hall–Kier alpha value is -0.480. The van der Waals surface area contributed by atoms with Gasteiger partial charge in [0.1, 0.15) is 0 Å². The number of amides is 1. The summed E-state index contributed by atoms with van der Waals surface area (Å²) in [4.78, 5) is 18.7. The van der Waals surface area contributed by atoms with Gasteiger partial charge in [0.05, 0.1) is 0 Å². The van der Waals surface area contributed by atoms with Crippen molar-refractivity contribution in [2.24, 2.45) is 4.99 Å². The van der Waals surface area contributed by atoms with Crippen LogP contribution in [0.3, 0.4) is 0 Å². The van der Waals surface area contributed by atoms with Gasteiger partial charge in [-0.2, -0.15) is 11.8 Å². The Kier molecular flexibility index (Phi) is 9.58. The highest BCUT2D eigenvalue weighted by Crippen LogP contribution is 2.29. The summed E-state index contributed by atoms with van der Waals surface area (Å²) in [7, 11) is 1.80. The molecule has 0 spiro atoms. The van der Waals surface area contributed by atoms with Gasteiger partial charge in [0.2, 0.25) is 0 Å². The first-order valence-electron chi connectivity index (χ1n) is 8.04. The van der Waals surface area contributed by atoms with Crippen molar-refractivity contribution in [3.8, 4) is 0 Å². The fourth-order valence-electron chi connectivity index (χ4n) is 2.58. The Bertz CT molecular complexity index is 595. The summed E-state index contributed by atoms with van der Waals surface area (Å²) in [5.74, 6) is 1.95. The second-order valence-corrected chi connectivity index (χ2v) is 8.98. The van der Waals surface area contributed by atoms with E-state index < -0.39 is 0 Å². The minimum Gasteiger partial charge on any atom is -0.354 e. The molecule has 0 unspecified atom stereocenters. The molecule has 1 aromatic rings. The number of carbonyl (C=O) groups is 1. The number of thioether (sulfide) groups is 1. The van der Waals surface area contributed by atoms with E-state index in [2.05, 4.69) is 50.3 Å². The van der Waals surface area contributed by atoms with Crippen molar-refractivity contribution in [2.45, 2.75) is 18.6 Å². The number of hydrogen-bond acceptors (Lipinski definition) is 3. The molecule has 1 aliphatic rings. The summed E-state index contributed by atoms with van der Waals surface area (Å²) in [6.07, 6.45) is 0. The van der Waals surface area contributed by atoms with Crippen molar-refractivity contribution in [1.82, 2.24) is 15.5 Å². The lowest BCUT2D eigenvalue weighted by atomic mass is 10.2. The monoisotopic (exact) mass is 540 g/mol. The van der Waals surface area contributed by atoms with Gasteiger partial charge in [0.15, 0.2) is 5.96 Å². The summed E-state index contributed by atoms with van der Waals surface area (Å²) in [6, 6.07) is 7.34. The second-order valence-electron chi connectivity index (χ2n) is 6.27. The molecule has 25 heavy (non-hydrogen) atoms. The third-order valence-corrected chi connectivity index (χ3v) is 5.56. The fraction of sp³-hybridized carbons (Fsp3) is 0.529. The van der Waals surface area contributed by atoms with E-state index >= 15 is 0 Å². The lowest BCUT2D eigenvalue weighted by Crippen LogP contribution is -2.51. The molecule has 0 radical (unpaired) electrons. The van der Waals surface area contributed by atoms with Crippen molar-refractivity contribution < 1.29 is 4.79 Å². The molecule has 0 saturated carbocycles. The largest absolute Gasteiger partial charge is 0.354 e. The van der Waals surface area contributed by atoms with E-state index in [9.17, 15) is 4.79 Å². The zero-order chi connectivity index (χ0) is 17.6. The molecule has 1 aliphatic heterocycles. The summed E-state index contributed by atoms with van der Waals surface area (Å²) in [5.41, 5.74) is 0.664. The molecular formula is C17H26BrIN4OS. The van der Waals surface area contributed by atoms with E-state index in [-0.39, 0.29) is 34.6 Å². The van der Waals surface area contributed by atoms with Crippen LogP contribution in [0.5, 0.6) is 0 Å². The van der Waals surface area contributed by atoms with Crippen molar-refractivity contribution >= 4 is 63.5 Å². The first kappa shape index (κ1) is 22.6. The van der Waals surface area contributed by atoms with E-state index in [1.54, 1.807) is 19.2 Å². The number of hydrogen-bond donors (Lipinski definition) is 2. The maximum Gasteiger partial charge on any atom is 0.251 e. The van der Waals surface area contributed by atoms with Crippen LogP contribution in [0.25, 0.3) is 0 Å². The van der Waals surface area contributed by atoms with E-state index in [1.165, 1.54) is 0 Å². The molecule has 0 aromatic heterocycles. The van der Waals surface area contributed by atoms with Crippen LogP contribution in [0, 0.1) is 0 Å². The number of carbonyl (C=O) groups excluding carboxylic acids is 1. The normalized spacial score (nSPS) is 16.8. The minimum absolute atomic E-state index is 0. The number of benzene rings is 1. The molecule has 2 N–H and O–H groups in total. The topological polar surface area (TPSA) is 56.7 Å². The van der Waals surface area contributed by atoms with Crippen molar-refractivity contribution in [1.29, 1.82) is 0 Å². The predicted molar refractivity (Wildman–Crippen MR) is 121 cm³/mol. The van der Waals surface area contributed by atoms with Crippen LogP contribution in [0.1, 0.15) is 24.2 Å². The van der Waals surface area contributed by atoms with Crippen LogP contribution in [0.15, 0.2) is 33.7 Å². The van der Waals surface area contributed by atoms with Gasteiger partial charge in [0.25, 0.3) is 5.91 Å². The highest BCUT2D eigenvalue weighted by atomic mass is 127. The van der Waals surface area contributed by atoms with Crippen LogP contribution < -0.4 is 10.6 Å². The molecule has 0 bridgehead atoms. The molecule has 0 atom stereocenters. The van der Waals surface area contributed by atoms with Gasteiger partial charge >= 0.3 is 0 Å². The number of nitrogens with one attached hydrogen (secondary N) is 2. The molecule has 1 aromatic carbocycles. The number of aliphatic imine (C=N–C) groups is 1. The van der Waals surface area contributed by atoms with E-state index in [0.717, 1.165) is 29.3 Å². The molecule has 1 heterocycles. The Morgan fingerprint density at radius 1 is 1.28 bits per heavy atom. The second kappa shape index (κ2) is 10.6. The quantitative estimate of drug-likeness (QED) is 0.266. The molecule has 2 rings (SSSR count). The number of halogens is 2. The third kappa shape index (κ3) is 7.34. The molecule has 0 aliphatic carbocycles. The van der Waals surface area contributed by atoms with Crippen molar-refractivity contribution in [3.63, 3.8) is 0 Å². The van der Waals surface area contributed by atoms with Crippen molar-refractivity contribution in [3.05, 3.63) is 34.3 Å². The molecule has 1 amide bonds. The minimum atomic E-state index is -0.0604. The van der Waals surface area contributed by atoms with Gasteiger partial charge in [0, 0.05) is 53.8 Å². The summed E-state index contributed by atoms with van der Waals surface area (Å²) in [5, 5.41) is 6.26. The number of nitrogens with zero attached hydrogens (tertiary/aromatic N) is 2. The molecule has 8 heteroatoms. The average Bonchev–Trinajstić information content (AvgIpc) is 2.54. The molecule has 1 saturated heterocycles. The summed E-state index contributed by atoms with van der Waals surface area (Å²) >= 11 is 5.37. The van der Waals surface area contributed by atoms with Gasteiger partial charge in [-0.3, -0.25) is 9.79 Å². The fourth-order valence-corrected chi connectivity index (χ4v) is 3.96. The van der Waals surface area contributed by atoms with Crippen LogP contribution >= 0.6 is 51.7 Å². The van der Waals surface area contributed by atoms with E-state index in [4.69, 9.17) is 0 Å². The SMILES string of the molecule is CN=C(NCCNC(=O)c1ccc(Br)cc1)N1CCSC(C)(C)C1.I. The third-order valence-electron chi connectivity index (χ3n) is 3.74. The molecule has 5 nitrogen and oxygen atoms in total. The Morgan fingerprint density at radius 3 is 2.52 bits per heavy atom. The maximum absolute atomic E-state index is 12.1. The Labute approximate surface area is 179 Å². The van der Waals surface area contributed by atoms with Crippen molar-refractivity contribution in [2.75, 3.05) is 39.0 Å². The summed E-state index contributed by atoms with van der Waals surface area (Å²) in [6.45, 7) is 7.70. The highest BCUT2D eigenvalue weighted by Gasteiger charge is 2.28. The molecular weight excluding hydrogens is 515 g/mol. The Balaban J connectivity index is 0.00000312. The molecule has 140 valence electrons. The first-order valence-corrected chi connectivity index (χ1v) is 9.82. The Morgan fingerprint density at radius 2 is 1.92 bits per heavy atom. The van der Waals surface area contributed by atoms with Crippen LogP contribution in [0.2, 0.25) is 0 Å². The lowest BCUT2D eigenvalue weighted by molar-refractivity contribution is 0.0954. The van der Waals surface area contributed by atoms with Crippen LogP contribution in [0.4, 0.5) is 0 Å². The van der Waals surface area contributed by atoms with Gasteiger partial charge in [-0.25, -0.2) is 0 Å². The zero-order valence-electron chi connectivity index (χ0n) is 14.8. The maximum atomic E-state index is 12.1. The van der Waals surface area contributed by atoms with Gasteiger partial charge in [-0.15, -0.1) is 24.0 Å². The molecule has 1 fully saturated rings. The smallest absolute Gasteiger partial charge is 0.251 e. The standard InChI is InChI=1S/C17H25BrN4OS.HI/c1-17(2)12-22(10-11-24-17)16(19-3)21-9-8-20-15(23)13-4-6-14(18)7-5-13;/h4-7H,8-12H2,1-3H3,(H,19,21)(H,20,23);1H. The highest BCUT2D eigenvalue weighted by molar-refractivity contribution is 14.0. The van der Waals surface area contributed by atoms with Gasteiger partial charge in [-0.1, -0.05) is 15.9 Å². The first-order chi connectivity index (χ1) is 11.4. The van der Waals surface area contributed by atoms with Crippen LogP contribution in [-0.4, -0.2) is 60.5 Å². The zero-order valence-corrected chi connectivity index (χ0v) is 19.6.